The summed E-state index contributed by atoms with van der Waals surface area (Å²) in [7, 11) is 3.23. The molecule has 3 rings (SSSR count). The van der Waals surface area contributed by atoms with E-state index in [0.29, 0.717) is 11.5 Å². The summed E-state index contributed by atoms with van der Waals surface area (Å²) in [5.41, 5.74) is 2.69. The molecule has 0 bridgehead atoms. The van der Waals surface area contributed by atoms with E-state index in [9.17, 15) is 0 Å². The van der Waals surface area contributed by atoms with Crippen LogP contribution in [0.2, 0.25) is 0 Å². The van der Waals surface area contributed by atoms with Gasteiger partial charge in [0.15, 0.2) is 11.5 Å². The summed E-state index contributed by atoms with van der Waals surface area (Å²) in [6, 6.07) is 11.6. The van der Waals surface area contributed by atoms with Gasteiger partial charge in [-0.15, -0.1) is 0 Å². The quantitative estimate of drug-likeness (QED) is 0.772. The van der Waals surface area contributed by atoms with Crippen LogP contribution in [0.15, 0.2) is 36.4 Å². The molecular formula is C18H20N2O3. The van der Waals surface area contributed by atoms with Gasteiger partial charge in [0.25, 0.3) is 0 Å². The smallest absolute Gasteiger partial charge is 0.163 e. The third-order valence-electron chi connectivity index (χ3n) is 3.47. The highest BCUT2D eigenvalue weighted by molar-refractivity contribution is 5.83. The van der Waals surface area contributed by atoms with Crippen LogP contribution in [0.25, 0.3) is 22.4 Å². The SMILES string of the molecule is COc1cc2nc(-c3cccc(OC(C)C)c3)[nH]c2cc1OC. The summed E-state index contributed by atoms with van der Waals surface area (Å²) in [5.74, 6) is 2.94. The number of aromatic nitrogens is 2. The van der Waals surface area contributed by atoms with Gasteiger partial charge >= 0.3 is 0 Å². The minimum Gasteiger partial charge on any atom is -0.493 e. The number of methoxy groups -OCH3 is 2. The molecule has 3 aromatic rings. The van der Waals surface area contributed by atoms with Crippen molar-refractivity contribution in [2.75, 3.05) is 14.2 Å². The molecule has 0 amide bonds. The van der Waals surface area contributed by atoms with Gasteiger partial charge in [0.2, 0.25) is 0 Å². The Labute approximate surface area is 135 Å². The first-order valence-corrected chi connectivity index (χ1v) is 7.49. The molecule has 0 spiro atoms. The van der Waals surface area contributed by atoms with Crippen molar-refractivity contribution in [1.82, 2.24) is 9.97 Å². The van der Waals surface area contributed by atoms with Crippen molar-refractivity contribution < 1.29 is 14.2 Å². The van der Waals surface area contributed by atoms with Crippen LogP contribution in [0.4, 0.5) is 0 Å². The van der Waals surface area contributed by atoms with Gasteiger partial charge in [0.05, 0.1) is 31.4 Å². The molecule has 0 radical (unpaired) electrons. The van der Waals surface area contributed by atoms with Crippen molar-refractivity contribution in [1.29, 1.82) is 0 Å². The molecule has 5 heteroatoms. The number of nitrogens with zero attached hydrogens (tertiary/aromatic N) is 1. The van der Waals surface area contributed by atoms with Crippen molar-refractivity contribution >= 4 is 11.0 Å². The lowest BCUT2D eigenvalue weighted by Crippen LogP contribution is -2.05. The average molecular weight is 312 g/mol. The zero-order valence-electron chi connectivity index (χ0n) is 13.7. The standard InChI is InChI=1S/C18H20N2O3/c1-11(2)23-13-7-5-6-12(8-13)18-19-14-9-16(21-3)17(22-4)10-15(14)20-18/h5-11H,1-4H3,(H,19,20). The zero-order valence-corrected chi connectivity index (χ0v) is 13.7. The number of hydrogen-bond donors (Lipinski definition) is 1. The van der Waals surface area contributed by atoms with Gasteiger partial charge < -0.3 is 19.2 Å². The zero-order chi connectivity index (χ0) is 16.4. The second kappa shape index (κ2) is 6.20. The number of fused-ring (bicyclic) bond motifs is 1. The van der Waals surface area contributed by atoms with E-state index < -0.39 is 0 Å². The van der Waals surface area contributed by atoms with E-state index in [-0.39, 0.29) is 6.10 Å². The Kier molecular flexibility index (Phi) is 4.10. The fraction of sp³-hybridized carbons (Fsp3) is 0.278. The van der Waals surface area contributed by atoms with Crippen LogP contribution in [0, 0.1) is 0 Å². The Bertz CT molecular complexity index is 783. The second-order valence-electron chi connectivity index (χ2n) is 5.50. The van der Waals surface area contributed by atoms with E-state index in [2.05, 4.69) is 9.97 Å². The van der Waals surface area contributed by atoms with Gasteiger partial charge in [-0.05, 0) is 26.0 Å². The molecule has 0 atom stereocenters. The van der Waals surface area contributed by atoms with Gasteiger partial charge in [0.1, 0.15) is 11.6 Å². The van der Waals surface area contributed by atoms with Crippen molar-refractivity contribution in [3.63, 3.8) is 0 Å². The fourth-order valence-electron chi connectivity index (χ4n) is 2.46. The van der Waals surface area contributed by atoms with Gasteiger partial charge in [0, 0.05) is 17.7 Å². The fourth-order valence-corrected chi connectivity index (χ4v) is 2.46. The normalized spacial score (nSPS) is 11.0. The summed E-state index contributed by atoms with van der Waals surface area (Å²) in [4.78, 5) is 7.96. The second-order valence-corrected chi connectivity index (χ2v) is 5.50. The largest absolute Gasteiger partial charge is 0.493 e. The molecule has 2 aromatic carbocycles. The highest BCUT2D eigenvalue weighted by Crippen LogP contribution is 2.33. The molecule has 0 saturated carbocycles. The summed E-state index contributed by atoms with van der Waals surface area (Å²) in [6.07, 6.45) is 0.134. The molecule has 0 fully saturated rings. The molecule has 1 N–H and O–H groups in total. The minimum absolute atomic E-state index is 0.134. The number of benzene rings is 2. The molecule has 5 nitrogen and oxygen atoms in total. The third-order valence-corrected chi connectivity index (χ3v) is 3.47. The number of hydrogen-bond acceptors (Lipinski definition) is 4. The highest BCUT2D eigenvalue weighted by atomic mass is 16.5. The average Bonchev–Trinajstić information content (AvgIpc) is 2.96. The summed E-state index contributed by atoms with van der Waals surface area (Å²) in [6.45, 7) is 4.01. The van der Waals surface area contributed by atoms with Crippen LogP contribution in [-0.4, -0.2) is 30.3 Å². The van der Waals surface area contributed by atoms with Crippen LogP contribution >= 0.6 is 0 Å². The van der Waals surface area contributed by atoms with Crippen molar-refractivity contribution in [2.45, 2.75) is 20.0 Å². The van der Waals surface area contributed by atoms with E-state index in [1.165, 1.54) is 0 Å². The van der Waals surface area contributed by atoms with Crippen molar-refractivity contribution in [3.8, 4) is 28.6 Å². The number of H-pyrrole nitrogens is 1. The molecule has 1 aromatic heterocycles. The first-order chi connectivity index (χ1) is 11.1. The Hall–Kier alpha value is -2.69. The van der Waals surface area contributed by atoms with Crippen molar-refractivity contribution in [2.24, 2.45) is 0 Å². The van der Waals surface area contributed by atoms with E-state index >= 15 is 0 Å². The predicted octanol–water partition coefficient (Wildman–Crippen LogP) is 4.03. The van der Waals surface area contributed by atoms with Gasteiger partial charge in [-0.3, -0.25) is 0 Å². The van der Waals surface area contributed by atoms with Crippen molar-refractivity contribution in [3.05, 3.63) is 36.4 Å². The maximum Gasteiger partial charge on any atom is 0.163 e. The monoisotopic (exact) mass is 312 g/mol. The Morgan fingerprint density at radius 2 is 1.74 bits per heavy atom. The van der Waals surface area contributed by atoms with E-state index in [1.54, 1.807) is 14.2 Å². The van der Waals surface area contributed by atoms with Crippen LogP contribution in [0.5, 0.6) is 17.2 Å². The molecule has 0 aliphatic heterocycles. The molecule has 0 aliphatic rings. The van der Waals surface area contributed by atoms with Crippen LogP contribution < -0.4 is 14.2 Å². The van der Waals surface area contributed by atoms with Gasteiger partial charge in [-0.1, -0.05) is 12.1 Å². The number of rotatable bonds is 5. The Balaban J connectivity index is 2.03. The number of imidazole rings is 1. The molecule has 0 saturated heterocycles. The Morgan fingerprint density at radius 3 is 2.43 bits per heavy atom. The minimum atomic E-state index is 0.134. The molecular weight excluding hydrogens is 292 g/mol. The van der Waals surface area contributed by atoms with E-state index in [4.69, 9.17) is 14.2 Å². The summed E-state index contributed by atoms with van der Waals surface area (Å²) in [5, 5.41) is 0. The molecule has 0 aliphatic carbocycles. The van der Waals surface area contributed by atoms with Gasteiger partial charge in [-0.2, -0.15) is 0 Å². The number of ether oxygens (including phenoxy) is 3. The lowest BCUT2D eigenvalue weighted by atomic mass is 10.2. The first-order valence-electron chi connectivity index (χ1n) is 7.49. The molecule has 23 heavy (non-hydrogen) atoms. The number of aromatic amines is 1. The van der Waals surface area contributed by atoms with Crippen LogP contribution in [-0.2, 0) is 0 Å². The first kappa shape index (κ1) is 15.2. The summed E-state index contributed by atoms with van der Waals surface area (Å²) < 4.78 is 16.4. The molecule has 0 unspecified atom stereocenters. The summed E-state index contributed by atoms with van der Waals surface area (Å²) >= 11 is 0. The molecule has 120 valence electrons. The van der Waals surface area contributed by atoms with Crippen LogP contribution in [0.3, 0.4) is 0 Å². The van der Waals surface area contributed by atoms with E-state index in [0.717, 1.165) is 28.2 Å². The molecule has 1 heterocycles. The maximum absolute atomic E-state index is 5.74. The third kappa shape index (κ3) is 3.08. The number of nitrogens with one attached hydrogen (secondary N) is 1. The lowest BCUT2D eigenvalue weighted by Gasteiger charge is -2.10. The Morgan fingerprint density at radius 1 is 1.00 bits per heavy atom. The lowest BCUT2D eigenvalue weighted by molar-refractivity contribution is 0.242. The maximum atomic E-state index is 5.74. The predicted molar refractivity (Wildman–Crippen MR) is 90.4 cm³/mol. The van der Waals surface area contributed by atoms with E-state index in [1.807, 2.05) is 50.2 Å². The topological polar surface area (TPSA) is 56.4 Å². The van der Waals surface area contributed by atoms with Gasteiger partial charge in [-0.25, -0.2) is 4.98 Å². The van der Waals surface area contributed by atoms with Crippen LogP contribution in [0.1, 0.15) is 13.8 Å². The highest BCUT2D eigenvalue weighted by Gasteiger charge is 2.11.